The van der Waals surface area contributed by atoms with Gasteiger partial charge in [0, 0.05) is 38.3 Å². The fourth-order valence-corrected chi connectivity index (χ4v) is 3.11. The van der Waals surface area contributed by atoms with E-state index in [-0.39, 0.29) is 0 Å². The Morgan fingerprint density at radius 1 is 1.35 bits per heavy atom. The molecule has 23 heavy (non-hydrogen) atoms. The lowest BCUT2D eigenvalue weighted by Gasteiger charge is -2.38. The maximum Gasteiger partial charge on any atom is 0.325 e. The molecule has 0 aromatic heterocycles. The molecule has 5 nitrogen and oxygen atoms in total. The number of piperazine rings is 1. The molecule has 0 spiro atoms. The van der Waals surface area contributed by atoms with Gasteiger partial charge < -0.3 is 9.84 Å². The van der Waals surface area contributed by atoms with E-state index in [1.54, 1.807) is 7.11 Å². The highest BCUT2D eigenvalue weighted by Crippen LogP contribution is 2.31. The van der Waals surface area contributed by atoms with Gasteiger partial charge in [-0.15, -0.1) is 0 Å². The summed E-state index contributed by atoms with van der Waals surface area (Å²) >= 11 is 0. The molecule has 1 N–H and O–H groups in total. The van der Waals surface area contributed by atoms with Crippen molar-refractivity contribution in [3.8, 4) is 5.75 Å². The van der Waals surface area contributed by atoms with Crippen LogP contribution in [0.1, 0.15) is 24.1 Å². The predicted molar refractivity (Wildman–Crippen MR) is 90.9 cm³/mol. The first kappa shape index (κ1) is 17.5. The normalized spacial score (nSPS) is 17.7. The first-order valence-electron chi connectivity index (χ1n) is 7.90. The molecule has 0 amide bonds. The number of aliphatic carboxylic acids is 1. The molecule has 1 saturated heterocycles. The monoisotopic (exact) mass is 318 g/mol. The van der Waals surface area contributed by atoms with Crippen molar-refractivity contribution in [3.05, 3.63) is 41.5 Å². The summed E-state index contributed by atoms with van der Waals surface area (Å²) in [7, 11) is 1.58. The summed E-state index contributed by atoms with van der Waals surface area (Å²) in [5, 5.41) is 9.78. The van der Waals surface area contributed by atoms with Crippen molar-refractivity contribution in [2.45, 2.75) is 19.9 Å². The van der Waals surface area contributed by atoms with Gasteiger partial charge in [0.25, 0.3) is 0 Å². The molecule has 0 bridgehead atoms. The van der Waals surface area contributed by atoms with Crippen LogP contribution in [-0.4, -0.2) is 60.7 Å². The van der Waals surface area contributed by atoms with Crippen molar-refractivity contribution in [3.63, 3.8) is 0 Å². The van der Waals surface area contributed by atoms with Gasteiger partial charge in [-0.2, -0.15) is 0 Å². The molecule has 1 fully saturated rings. The summed E-state index contributed by atoms with van der Waals surface area (Å²) < 4.78 is 5.38. The lowest BCUT2D eigenvalue weighted by molar-refractivity contribution is -0.144. The molecule has 0 aliphatic carbocycles. The summed E-state index contributed by atoms with van der Waals surface area (Å²) in [6.07, 6.45) is 0. The van der Waals surface area contributed by atoms with Gasteiger partial charge in [0.1, 0.15) is 11.8 Å². The van der Waals surface area contributed by atoms with Crippen LogP contribution in [0.2, 0.25) is 0 Å². The minimum atomic E-state index is -0.831. The number of benzene rings is 1. The van der Waals surface area contributed by atoms with E-state index < -0.39 is 12.0 Å². The van der Waals surface area contributed by atoms with Crippen molar-refractivity contribution in [1.29, 1.82) is 0 Å². The number of ether oxygens (including phenoxy) is 1. The molecule has 1 unspecified atom stereocenters. The lowest BCUT2D eigenvalue weighted by Crippen LogP contribution is -2.49. The van der Waals surface area contributed by atoms with Gasteiger partial charge in [-0.1, -0.05) is 29.8 Å². The van der Waals surface area contributed by atoms with Gasteiger partial charge in [-0.25, -0.2) is 0 Å². The molecular weight excluding hydrogens is 292 g/mol. The Morgan fingerprint density at radius 3 is 2.52 bits per heavy atom. The van der Waals surface area contributed by atoms with E-state index >= 15 is 0 Å². The molecule has 1 heterocycles. The summed E-state index contributed by atoms with van der Waals surface area (Å²) in [5.41, 5.74) is 2.90. The third kappa shape index (κ3) is 4.33. The van der Waals surface area contributed by atoms with Crippen molar-refractivity contribution >= 4 is 5.97 Å². The lowest BCUT2D eigenvalue weighted by atomic mass is 10.0. The summed E-state index contributed by atoms with van der Waals surface area (Å²) in [6.45, 7) is 12.0. The van der Waals surface area contributed by atoms with Crippen LogP contribution in [0.15, 0.2) is 30.4 Å². The molecule has 0 radical (unpaired) electrons. The Balaban J connectivity index is 2.19. The topological polar surface area (TPSA) is 53.0 Å². The average molecular weight is 318 g/mol. The molecule has 1 aliphatic rings. The fraction of sp³-hybridized carbons (Fsp3) is 0.500. The molecule has 1 aromatic rings. The number of hydrogen-bond acceptors (Lipinski definition) is 4. The van der Waals surface area contributed by atoms with Crippen LogP contribution in [0, 0.1) is 6.92 Å². The highest BCUT2D eigenvalue weighted by atomic mass is 16.5. The number of rotatable bonds is 6. The SMILES string of the molecule is C=C(C)CN1CCN(C(C(=O)O)c2cc(C)ccc2OC)CC1. The predicted octanol–water partition coefficient (Wildman–Crippen LogP) is 2.32. The number of hydrogen-bond donors (Lipinski definition) is 1. The number of carboxylic acids is 1. The summed E-state index contributed by atoms with van der Waals surface area (Å²) in [4.78, 5) is 16.2. The zero-order valence-electron chi connectivity index (χ0n) is 14.2. The third-order valence-corrected chi connectivity index (χ3v) is 4.18. The van der Waals surface area contributed by atoms with Crippen molar-refractivity contribution in [1.82, 2.24) is 9.80 Å². The van der Waals surface area contributed by atoms with E-state index in [0.29, 0.717) is 5.75 Å². The summed E-state index contributed by atoms with van der Waals surface area (Å²) in [5.74, 6) is -0.199. The second kappa shape index (κ2) is 7.62. The Hall–Kier alpha value is -1.85. The van der Waals surface area contributed by atoms with Crippen LogP contribution >= 0.6 is 0 Å². The standard InChI is InChI=1S/C18H26N2O3/c1-13(2)12-19-7-9-20(10-8-19)17(18(21)22)15-11-14(3)5-6-16(15)23-4/h5-6,11,17H,1,7-10,12H2,2-4H3,(H,21,22). The van der Waals surface area contributed by atoms with Gasteiger partial charge >= 0.3 is 5.97 Å². The van der Waals surface area contributed by atoms with Crippen LogP contribution in [-0.2, 0) is 4.79 Å². The number of aryl methyl sites for hydroxylation is 1. The smallest absolute Gasteiger partial charge is 0.325 e. The maximum absolute atomic E-state index is 11.9. The van der Waals surface area contributed by atoms with Crippen LogP contribution in [0.3, 0.4) is 0 Å². The molecule has 1 aliphatic heterocycles. The van der Waals surface area contributed by atoms with Crippen LogP contribution < -0.4 is 4.74 Å². The van der Waals surface area contributed by atoms with E-state index in [1.165, 1.54) is 0 Å². The molecule has 1 aromatic carbocycles. The molecular formula is C18H26N2O3. The fourth-order valence-electron chi connectivity index (χ4n) is 3.11. The Morgan fingerprint density at radius 2 is 2.00 bits per heavy atom. The Labute approximate surface area is 138 Å². The maximum atomic E-state index is 11.9. The Kier molecular flexibility index (Phi) is 5.80. The van der Waals surface area contributed by atoms with Crippen LogP contribution in [0.25, 0.3) is 0 Å². The average Bonchev–Trinajstić information content (AvgIpc) is 2.48. The first-order valence-corrected chi connectivity index (χ1v) is 7.90. The molecule has 2 rings (SSSR count). The highest BCUT2D eigenvalue weighted by Gasteiger charge is 2.32. The van der Waals surface area contributed by atoms with Crippen molar-refractivity contribution in [2.24, 2.45) is 0 Å². The van der Waals surface area contributed by atoms with Crippen LogP contribution in [0.5, 0.6) is 5.75 Å². The van der Waals surface area contributed by atoms with Gasteiger partial charge in [0.05, 0.1) is 7.11 Å². The quantitative estimate of drug-likeness (QED) is 0.816. The minimum absolute atomic E-state index is 0.632. The van der Waals surface area contributed by atoms with E-state index in [4.69, 9.17) is 4.74 Å². The minimum Gasteiger partial charge on any atom is -0.496 e. The van der Waals surface area contributed by atoms with Gasteiger partial charge in [0.2, 0.25) is 0 Å². The van der Waals surface area contributed by atoms with E-state index in [2.05, 4.69) is 11.5 Å². The van der Waals surface area contributed by atoms with E-state index in [1.807, 2.05) is 36.9 Å². The molecule has 5 heteroatoms. The zero-order chi connectivity index (χ0) is 17.0. The number of carboxylic acid groups (broad SMARTS) is 1. The Bertz CT molecular complexity index is 578. The van der Waals surface area contributed by atoms with E-state index in [0.717, 1.165) is 49.4 Å². The first-order chi connectivity index (χ1) is 10.9. The largest absolute Gasteiger partial charge is 0.496 e. The number of methoxy groups -OCH3 is 1. The van der Waals surface area contributed by atoms with Gasteiger partial charge in [-0.05, 0) is 19.9 Å². The molecule has 1 atom stereocenters. The van der Waals surface area contributed by atoms with E-state index in [9.17, 15) is 9.90 Å². The van der Waals surface area contributed by atoms with Gasteiger partial charge in [-0.3, -0.25) is 14.6 Å². The zero-order valence-corrected chi connectivity index (χ0v) is 14.2. The molecule has 0 saturated carbocycles. The van der Waals surface area contributed by atoms with Crippen molar-refractivity contribution < 1.29 is 14.6 Å². The third-order valence-electron chi connectivity index (χ3n) is 4.18. The van der Waals surface area contributed by atoms with Gasteiger partial charge in [0.15, 0.2) is 0 Å². The number of nitrogens with zero attached hydrogens (tertiary/aromatic N) is 2. The molecule has 126 valence electrons. The van der Waals surface area contributed by atoms with Crippen molar-refractivity contribution in [2.75, 3.05) is 39.8 Å². The second-order valence-corrected chi connectivity index (χ2v) is 6.26. The van der Waals surface area contributed by atoms with Crippen LogP contribution in [0.4, 0.5) is 0 Å². The number of carbonyl (C=O) groups is 1. The highest BCUT2D eigenvalue weighted by molar-refractivity contribution is 5.77. The second-order valence-electron chi connectivity index (χ2n) is 6.26. The summed E-state index contributed by atoms with van der Waals surface area (Å²) in [6, 6.07) is 5.03.